The van der Waals surface area contributed by atoms with Crippen molar-refractivity contribution in [2.24, 2.45) is 0 Å². The molecule has 30 heavy (non-hydrogen) atoms. The Balaban J connectivity index is 1.43. The Labute approximate surface area is 175 Å². The zero-order chi connectivity index (χ0) is 20.1. The Hall–Kier alpha value is -2.64. The Bertz CT molecular complexity index is 1060. The van der Waals surface area contributed by atoms with E-state index in [1.54, 1.807) is 0 Å². The smallest absolute Gasteiger partial charge is 0.162 e. The van der Waals surface area contributed by atoms with E-state index in [0.717, 1.165) is 85.8 Å². The summed E-state index contributed by atoms with van der Waals surface area (Å²) in [6.45, 7) is 3.26. The molecule has 2 aliphatic heterocycles. The number of aliphatic hydroxyl groups is 1. The number of benzene rings is 1. The topological polar surface area (TPSA) is 77.5 Å². The van der Waals surface area contributed by atoms with Crippen molar-refractivity contribution in [1.29, 1.82) is 0 Å². The van der Waals surface area contributed by atoms with Crippen LogP contribution in [0, 0.1) is 0 Å². The molecule has 3 aromatic rings. The van der Waals surface area contributed by atoms with E-state index in [-0.39, 0.29) is 6.10 Å². The molecule has 7 heteroatoms. The number of nitrogens with one attached hydrogen (secondary N) is 1. The minimum absolute atomic E-state index is 0.152. The molecule has 6 rings (SSSR count). The number of fused-ring (bicyclic) bond motifs is 4. The van der Waals surface area contributed by atoms with E-state index in [0.29, 0.717) is 12.1 Å². The summed E-state index contributed by atoms with van der Waals surface area (Å²) < 4.78 is 5.81. The highest BCUT2D eigenvalue weighted by Crippen LogP contribution is 2.40. The summed E-state index contributed by atoms with van der Waals surface area (Å²) in [4.78, 5) is 18.1. The average molecular weight is 406 g/mol. The van der Waals surface area contributed by atoms with E-state index in [1.165, 1.54) is 0 Å². The zero-order valence-corrected chi connectivity index (χ0v) is 17.0. The number of rotatable bonds is 2. The van der Waals surface area contributed by atoms with Gasteiger partial charge in [-0.3, -0.25) is 0 Å². The van der Waals surface area contributed by atoms with E-state index in [2.05, 4.69) is 33.0 Å². The number of hydrogen-bond acceptors (Lipinski definition) is 6. The van der Waals surface area contributed by atoms with Gasteiger partial charge in [0.1, 0.15) is 0 Å². The number of anilines is 2. The van der Waals surface area contributed by atoms with Crippen LogP contribution in [0.2, 0.25) is 0 Å². The van der Waals surface area contributed by atoms with Crippen molar-refractivity contribution in [3.8, 4) is 11.4 Å². The first-order valence-corrected chi connectivity index (χ1v) is 11.0. The fraction of sp³-hybridized carbons (Fsp3) is 0.478. The number of hydrogen-bond donors (Lipinski definition) is 2. The highest BCUT2D eigenvalue weighted by atomic mass is 16.5. The third-order valence-corrected chi connectivity index (χ3v) is 6.91. The number of ether oxygens (including phenoxy) is 1. The van der Waals surface area contributed by atoms with Crippen LogP contribution in [0.15, 0.2) is 36.7 Å². The zero-order valence-electron chi connectivity index (χ0n) is 17.0. The van der Waals surface area contributed by atoms with Crippen LogP contribution in [0.3, 0.4) is 0 Å². The molecule has 0 radical (unpaired) electrons. The molecule has 2 aromatic heterocycles. The van der Waals surface area contributed by atoms with E-state index < -0.39 is 0 Å². The molecular weight excluding hydrogens is 378 g/mol. The molecule has 1 atom stereocenters. The van der Waals surface area contributed by atoms with Crippen molar-refractivity contribution in [2.45, 2.75) is 43.9 Å². The molecule has 1 aliphatic carbocycles. The van der Waals surface area contributed by atoms with Gasteiger partial charge in [-0.2, -0.15) is 0 Å². The van der Waals surface area contributed by atoms with Crippen molar-refractivity contribution < 1.29 is 9.84 Å². The SMILES string of the molecule is OC1CCC(N2CC3COCCN3c3nc(-c4cccc5[nH]ccc45)ncc32)CC1. The van der Waals surface area contributed by atoms with E-state index in [9.17, 15) is 5.11 Å². The van der Waals surface area contributed by atoms with Crippen LogP contribution in [0.1, 0.15) is 25.7 Å². The summed E-state index contributed by atoms with van der Waals surface area (Å²) in [5, 5.41) is 11.1. The summed E-state index contributed by atoms with van der Waals surface area (Å²) in [6, 6.07) is 9.05. The molecule has 156 valence electrons. The number of nitrogens with zero attached hydrogens (tertiary/aromatic N) is 4. The first kappa shape index (κ1) is 18.2. The van der Waals surface area contributed by atoms with Gasteiger partial charge in [-0.05, 0) is 37.8 Å². The van der Waals surface area contributed by atoms with E-state index in [1.807, 2.05) is 18.5 Å². The third kappa shape index (κ3) is 2.96. The van der Waals surface area contributed by atoms with Crippen molar-refractivity contribution in [3.63, 3.8) is 0 Å². The molecule has 2 N–H and O–H groups in total. The van der Waals surface area contributed by atoms with Gasteiger partial charge in [-0.15, -0.1) is 0 Å². The Kier molecular flexibility index (Phi) is 4.39. The molecule has 0 spiro atoms. The quantitative estimate of drug-likeness (QED) is 0.683. The normalized spacial score (nSPS) is 26.5. The lowest BCUT2D eigenvalue weighted by atomic mass is 9.90. The molecule has 0 bridgehead atoms. The summed E-state index contributed by atoms with van der Waals surface area (Å²) in [7, 11) is 0. The van der Waals surface area contributed by atoms with Gasteiger partial charge in [0.2, 0.25) is 0 Å². The fourth-order valence-corrected chi connectivity index (χ4v) is 5.32. The second-order valence-corrected chi connectivity index (χ2v) is 8.68. The lowest BCUT2D eigenvalue weighted by Crippen LogP contribution is -2.58. The standard InChI is InChI=1S/C23H27N5O2/c29-17-6-4-15(5-7-17)28-13-16-14-30-11-10-27(16)23-21(28)12-25-22(26-23)19-2-1-3-20-18(19)8-9-24-20/h1-3,8-9,12,15-17,24,29H,4-7,10-11,13-14H2. The van der Waals surface area contributed by atoms with Gasteiger partial charge < -0.3 is 24.6 Å². The van der Waals surface area contributed by atoms with Crippen LogP contribution in [-0.4, -0.2) is 64.5 Å². The lowest BCUT2D eigenvalue weighted by Gasteiger charge is -2.49. The van der Waals surface area contributed by atoms with Crippen molar-refractivity contribution in [2.75, 3.05) is 36.1 Å². The van der Waals surface area contributed by atoms with Gasteiger partial charge in [0.05, 0.1) is 37.2 Å². The monoisotopic (exact) mass is 405 g/mol. The van der Waals surface area contributed by atoms with Crippen LogP contribution in [-0.2, 0) is 4.74 Å². The molecule has 1 unspecified atom stereocenters. The van der Waals surface area contributed by atoms with Crippen molar-refractivity contribution >= 4 is 22.4 Å². The first-order chi connectivity index (χ1) is 14.8. The molecule has 1 saturated carbocycles. The number of H-pyrrole nitrogens is 1. The maximum Gasteiger partial charge on any atom is 0.162 e. The van der Waals surface area contributed by atoms with E-state index in [4.69, 9.17) is 14.7 Å². The van der Waals surface area contributed by atoms with Crippen LogP contribution in [0.25, 0.3) is 22.3 Å². The summed E-state index contributed by atoms with van der Waals surface area (Å²) in [5.74, 6) is 1.79. The lowest BCUT2D eigenvalue weighted by molar-refractivity contribution is 0.0900. The molecule has 1 saturated heterocycles. The van der Waals surface area contributed by atoms with Gasteiger partial charge in [-0.25, -0.2) is 9.97 Å². The molecule has 1 aromatic carbocycles. The largest absolute Gasteiger partial charge is 0.393 e. The number of morpholine rings is 1. The van der Waals surface area contributed by atoms with Gasteiger partial charge in [0.25, 0.3) is 0 Å². The average Bonchev–Trinajstić information content (AvgIpc) is 3.28. The van der Waals surface area contributed by atoms with Gasteiger partial charge in [0, 0.05) is 41.8 Å². The molecule has 4 heterocycles. The number of aromatic amines is 1. The molecular formula is C23H27N5O2. The van der Waals surface area contributed by atoms with Crippen LogP contribution in [0.4, 0.5) is 11.5 Å². The van der Waals surface area contributed by atoms with Gasteiger partial charge >= 0.3 is 0 Å². The predicted octanol–water partition coefficient (Wildman–Crippen LogP) is 2.95. The summed E-state index contributed by atoms with van der Waals surface area (Å²) in [5.41, 5.74) is 3.28. The first-order valence-electron chi connectivity index (χ1n) is 11.0. The van der Waals surface area contributed by atoms with Crippen LogP contribution >= 0.6 is 0 Å². The summed E-state index contributed by atoms with van der Waals surface area (Å²) >= 11 is 0. The highest BCUT2D eigenvalue weighted by molar-refractivity contribution is 5.93. The summed E-state index contributed by atoms with van der Waals surface area (Å²) in [6.07, 6.45) is 7.59. The highest BCUT2D eigenvalue weighted by Gasteiger charge is 2.38. The number of aliphatic hydroxyl groups excluding tert-OH is 1. The van der Waals surface area contributed by atoms with Crippen LogP contribution < -0.4 is 9.80 Å². The molecule has 7 nitrogen and oxygen atoms in total. The Morgan fingerprint density at radius 2 is 1.97 bits per heavy atom. The second kappa shape index (κ2) is 7.25. The minimum atomic E-state index is -0.152. The molecule has 2 fully saturated rings. The predicted molar refractivity (Wildman–Crippen MR) is 117 cm³/mol. The molecule has 3 aliphatic rings. The maximum absolute atomic E-state index is 9.97. The number of aromatic nitrogens is 3. The Morgan fingerprint density at radius 3 is 2.87 bits per heavy atom. The fourth-order valence-electron chi connectivity index (χ4n) is 5.32. The Morgan fingerprint density at radius 1 is 1.07 bits per heavy atom. The molecule has 0 amide bonds. The van der Waals surface area contributed by atoms with Gasteiger partial charge in [0.15, 0.2) is 11.6 Å². The minimum Gasteiger partial charge on any atom is -0.393 e. The van der Waals surface area contributed by atoms with Gasteiger partial charge in [-0.1, -0.05) is 12.1 Å². The van der Waals surface area contributed by atoms with Crippen molar-refractivity contribution in [3.05, 3.63) is 36.7 Å². The maximum atomic E-state index is 9.97. The third-order valence-electron chi connectivity index (χ3n) is 6.91. The van der Waals surface area contributed by atoms with Crippen LogP contribution in [0.5, 0.6) is 0 Å². The van der Waals surface area contributed by atoms with E-state index >= 15 is 0 Å². The second-order valence-electron chi connectivity index (χ2n) is 8.68. The van der Waals surface area contributed by atoms with Crippen molar-refractivity contribution in [1.82, 2.24) is 15.0 Å².